The molecule has 40 heavy (non-hydrogen) atoms. The van der Waals surface area contributed by atoms with Crippen LogP contribution in [0.2, 0.25) is 0 Å². The zero-order valence-electron chi connectivity index (χ0n) is 23.7. The van der Waals surface area contributed by atoms with Crippen LogP contribution in [0.15, 0.2) is 83.3 Å². The van der Waals surface area contributed by atoms with Crippen molar-refractivity contribution in [1.29, 1.82) is 0 Å². The smallest absolute Gasteiger partial charge is 0.244 e. The summed E-state index contributed by atoms with van der Waals surface area (Å²) in [4.78, 5) is 29.2. The number of nitrogens with one attached hydrogen (secondary N) is 1. The molecule has 3 aromatic rings. The lowest BCUT2D eigenvalue weighted by Crippen LogP contribution is -2.54. The van der Waals surface area contributed by atoms with Crippen LogP contribution in [0.4, 0.5) is 5.69 Å². The first-order chi connectivity index (χ1) is 18.8. The third kappa shape index (κ3) is 8.93. The molecule has 0 aliphatic carbocycles. The van der Waals surface area contributed by atoms with E-state index < -0.39 is 28.5 Å². The second-order valence-corrected chi connectivity index (χ2v) is 13.4. The van der Waals surface area contributed by atoms with Crippen LogP contribution in [-0.2, 0) is 32.6 Å². The summed E-state index contributed by atoms with van der Waals surface area (Å²) in [5, 5.41) is 2.95. The molecule has 1 N–H and O–H groups in total. The maximum absolute atomic E-state index is 14.1. The van der Waals surface area contributed by atoms with Crippen molar-refractivity contribution in [1.82, 2.24) is 10.2 Å². The van der Waals surface area contributed by atoms with Crippen molar-refractivity contribution in [3.8, 4) is 0 Å². The maximum atomic E-state index is 14.1. The van der Waals surface area contributed by atoms with E-state index in [9.17, 15) is 18.0 Å². The number of carbonyl (C=O) groups is 2. The molecular weight excluding hydrogens is 590 g/mol. The maximum Gasteiger partial charge on any atom is 0.244 e. The number of hydrogen-bond donors (Lipinski definition) is 1. The first kappa shape index (κ1) is 31.4. The Morgan fingerprint density at radius 1 is 0.875 bits per heavy atom. The third-order valence-electron chi connectivity index (χ3n) is 6.47. The zero-order valence-corrected chi connectivity index (χ0v) is 26.1. The van der Waals surface area contributed by atoms with Gasteiger partial charge in [0.05, 0.1) is 11.9 Å². The van der Waals surface area contributed by atoms with Crippen molar-refractivity contribution in [3.63, 3.8) is 0 Å². The first-order valence-corrected chi connectivity index (χ1v) is 15.9. The molecule has 0 spiro atoms. The molecule has 0 heterocycles. The Labute approximate surface area is 246 Å². The van der Waals surface area contributed by atoms with Crippen molar-refractivity contribution in [2.45, 2.75) is 58.7 Å². The number of hydrogen-bond acceptors (Lipinski definition) is 4. The van der Waals surface area contributed by atoms with Gasteiger partial charge in [-0.2, -0.15) is 0 Å². The molecule has 3 rings (SSSR count). The van der Waals surface area contributed by atoms with E-state index in [4.69, 9.17) is 0 Å². The lowest BCUT2D eigenvalue weighted by Gasteiger charge is -2.34. The molecule has 2 amide bonds. The molecule has 0 bridgehead atoms. The fraction of sp³-hybridized carbons (Fsp3) is 0.355. The highest BCUT2D eigenvalue weighted by Crippen LogP contribution is 2.24. The minimum absolute atomic E-state index is 0.130. The summed E-state index contributed by atoms with van der Waals surface area (Å²) in [6.45, 7) is 7.54. The van der Waals surface area contributed by atoms with Crippen molar-refractivity contribution in [2.75, 3.05) is 17.1 Å². The van der Waals surface area contributed by atoms with Gasteiger partial charge in [-0.05, 0) is 60.7 Å². The van der Waals surface area contributed by atoms with Crippen molar-refractivity contribution < 1.29 is 18.0 Å². The standard InChI is InChI=1S/C31H38BrN3O4S/c1-22(2)26-14-16-28(17-15-26)35(40(5,38)39)21-30(36)34(20-25-12-9-13-27(32)18-25)29(31(37)33-23(3)4)19-24-10-7-6-8-11-24/h6-18,22-23,29H,19-21H2,1-5H3,(H,33,37)/t29-/m1/s1. The molecular formula is C31H38BrN3O4S. The van der Waals surface area contributed by atoms with Crippen LogP contribution in [0.5, 0.6) is 0 Å². The van der Waals surface area contributed by atoms with Gasteiger partial charge in [0.25, 0.3) is 0 Å². The predicted molar refractivity (Wildman–Crippen MR) is 165 cm³/mol. The van der Waals surface area contributed by atoms with Gasteiger partial charge in [-0.25, -0.2) is 8.42 Å². The normalized spacial score (nSPS) is 12.3. The summed E-state index contributed by atoms with van der Waals surface area (Å²) in [7, 11) is -3.81. The van der Waals surface area contributed by atoms with Gasteiger partial charge in [0.2, 0.25) is 21.8 Å². The molecule has 0 aliphatic rings. The lowest BCUT2D eigenvalue weighted by molar-refractivity contribution is -0.140. The van der Waals surface area contributed by atoms with E-state index in [-0.39, 0.29) is 30.8 Å². The average molecular weight is 629 g/mol. The fourth-order valence-corrected chi connectivity index (χ4v) is 5.70. The van der Waals surface area contributed by atoms with Gasteiger partial charge < -0.3 is 10.2 Å². The number of benzene rings is 3. The van der Waals surface area contributed by atoms with Gasteiger partial charge in [0, 0.05) is 23.5 Å². The van der Waals surface area contributed by atoms with Gasteiger partial charge in [0.15, 0.2) is 0 Å². The van der Waals surface area contributed by atoms with E-state index in [2.05, 4.69) is 35.1 Å². The highest BCUT2D eigenvalue weighted by atomic mass is 79.9. The Morgan fingerprint density at radius 3 is 2.05 bits per heavy atom. The van der Waals surface area contributed by atoms with Crippen LogP contribution in [0.3, 0.4) is 0 Å². The molecule has 0 radical (unpaired) electrons. The van der Waals surface area contributed by atoms with E-state index in [0.29, 0.717) is 5.69 Å². The molecule has 0 saturated heterocycles. The molecule has 0 unspecified atom stereocenters. The summed E-state index contributed by atoms with van der Waals surface area (Å²) in [5.41, 5.74) is 3.16. The Bertz CT molecular complexity index is 1390. The summed E-state index contributed by atoms with van der Waals surface area (Å²) in [5.74, 6) is -0.492. The van der Waals surface area contributed by atoms with Crippen molar-refractivity contribution in [2.24, 2.45) is 0 Å². The van der Waals surface area contributed by atoms with Crippen LogP contribution < -0.4 is 9.62 Å². The predicted octanol–water partition coefficient (Wildman–Crippen LogP) is 5.50. The molecule has 214 valence electrons. The number of anilines is 1. The molecule has 1 atom stereocenters. The monoisotopic (exact) mass is 627 g/mol. The number of nitrogens with zero attached hydrogens (tertiary/aromatic N) is 2. The Morgan fingerprint density at radius 2 is 1.50 bits per heavy atom. The average Bonchev–Trinajstić information content (AvgIpc) is 2.88. The van der Waals surface area contributed by atoms with E-state index in [1.807, 2.05) is 80.6 Å². The Balaban J connectivity index is 2.04. The van der Waals surface area contributed by atoms with Crippen LogP contribution in [0, 0.1) is 0 Å². The fourth-order valence-electron chi connectivity index (χ4n) is 4.41. The highest BCUT2D eigenvalue weighted by molar-refractivity contribution is 9.10. The topological polar surface area (TPSA) is 86.8 Å². The summed E-state index contributed by atoms with van der Waals surface area (Å²) >= 11 is 3.48. The molecule has 7 nitrogen and oxygen atoms in total. The molecule has 0 fully saturated rings. The first-order valence-electron chi connectivity index (χ1n) is 13.3. The zero-order chi connectivity index (χ0) is 29.4. The molecule has 0 aliphatic heterocycles. The largest absolute Gasteiger partial charge is 0.352 e. The van der Waals surface area contributed by atoms with Crippen LogP contribution in [0.25, 0.3) is 0 Å². The van der Waals surface area contributed by atoms with Gasteiger partial charge in [0.1, 0.15) is 12.6 Å². The quantitative estimate of drug-likeness (QED) is 0.287. The minimum Gasteiger partial charge on any atom is -0.352 e. The van der Waals surface area contributed by atoms with Crippen LogP contribution >= 0.6 is 15.9 Å². The second kappa shape index (κ2) is 13.9. The number of halogens is 1. The van der Waals surface area contributed by atoms with Crippen molar-refractivity contribution in [3.05, 3.63) is 100 Å². The number of carbonyl (C=O) groups excluding carboxylic acids is 2. The number of amides is 2. The van der Waals surface area contributed by atoms with Gasteiger partial charge in [-0.3, -0.25) is 13.9 Å². The number of sulfonamides is 1. The van der Waals surface area contributed by atoms with E-state index in [0.717, 1.165) is 31.7 Å². The highest BCUT2D eigenvalue weighted by Gasteiger charge is 2.33. The third-order valence-corrected chi connectivity index (χ3v) is 8.10. The van der Waals surface area contributed by atoms with E-state index >= 15 is 0 Å². The minimum atomic E-state index is -3.81. The van der Waals surface area contributed by atoms with Gasteiger partial charge in [-0.15, -0.1) is 0 Å². The van der Waals surface area contributed by atoms with Crippen molar-refractivity contribution >= 4 is 43.5 Å². The summed E-state index contributed by atoms with van der Waals surface area (Å²) in [6, 6.07) is 23.2. The van der Waals surface area contributed by atoms with Crippen LogP contribution in [-0.4, -0.2) is 50.0 Å². The SMILES string of the molecule is CC(C)NC(=O)[C@@H](Cc1ccccc1)N(Cc1cccc(Br)c1)C(=O)CN(c1ccc(C(C)C)cc1)S(C)(=O)=O. The lowest BCUT2D eigenvalue weighted by atomic mass is 10.0. The second-order valence-electron chi connectivity index (χ2n) is 10.5. The van der Waals surface area contributed by atoms with E-state index in [1.165, 1.54) is 4.90 Å². The molecule has 9 heteroatoms. The Hall–Kier alpha value is -3.17. The Kier molecular flexibility index (Phi) is 10.9. The molecule has 0 aromatic heterocycles. The van der Waals surface area contributed by atoms with Crippen LogP contribution in [0.1, 0.15) is 50.3 Å². The van der Waals surface area contributed by atoms with E-state index in [1.54, 1.807) is 12.1 Å². The number of rotatable bonds is 12. The van der Waals surface area contributed by atoms with Gasteiger partial charge >= 0.3 is 0 Å². The summed E-state index contributed by atoms with van der Waals surface area (Å²) in [6.07, 6.45) is 1.36. The van der Waals surface area contributed by atoms with Gasteiger partial charge in [-0.1, -0.05) is 84.4 Å². The molecule has 0 saturated carbocycles. The summed E-state index contributed by atoms with van der Waals surface area (Å²) < 4.78 is 27.8. The molecule has 3 aromatic carbocycles.